The summed E-state index contributed by atoms with van der Waals surface area (Å²) in [5.74, 6) is -0.604. The molecule has 0 saturated heterocycles. The fourth-order valence-electron chi connectivity index (χ4n) is 2.78. The van der Waals surface area contributed by atoms with Crippen molar-refractivity contribution in [1.82, 2.24) is 0 Å². The topological polar surface area (TPSA) is 75.7 Å². The Morgan fingerprint density at radius 3 is 2.25 bits per heavy atom. The van der Waals surface area contributed by atoms with Gasteiger partial charge in [0, 0.05) is 5.69 Å². The number of nitrogens with zero attached hydrogens (tertiary/aromatic N) is 1. The van der Waals surface area contributed by atoms with Gasteiger partial charge in [-0.25, -0.2) is 12.8 Å². The Morgan fingerprint density at radius 1 is 1.14 bits per heavy atom. The van der Waals surface area contributed by atoms with Crippen molar-refractivity contribution in [1.29, 1.82) is 0 Å². The lowest BCUT2D eigenvalue weighted by atomic mass is 10.1. The van der Waals surface area contributed by atoms with Crippen molar-refractivity contribution in [3.8, 4) is 5.75 Å². The number of carbonyl (C=O) groups is 1. The van der Waals surface area contributed by atoms with Gasteiger partial charge >= 0.3 is 0 Å². The van der Waals surface area contributed by atoms with Crippen LogP contribution in [-0.2, 0) is 14.8 Å². The van der Waals surface area contributed by atoms with E-state index < -0.39 is 27.8 Å². The smallest absolute Gasteiger partial charge is 0.248 e. The van der Waals surface area contributed by atoms with Crippen LogP contribution in [0.25, 0.3) is 0 Å². The van der Waals surface area contributed by atoms with Crippen molar-refractivity contribution in [2.75, 3.05) is 15.9 Å². The summed E-state index contributed by atoms with van der Waals surface area (Å²) in [7, 11) is -3.90. The molecule has 0 fully saturated rings. The third-order valence-electron chi connectivity index (χ3n) is 3.91. The number of carbonyl (C=O) groups excluding carboxylic acids is 1. The van der Waals surface area contributed by atoms with E-state index in [1.165, 1.54) is 18.2 Å². The first-order valence-electron chi connectivity index (χ1n) is 8.95. The first-order chi connectivity index (χ1) is 13.1. The van der Waals surface area contributed by atoms with Gasteiger partial charge in [0.15, 0.2) is 0 Å². The Bertz CT molecular complexity index is 914. The molecule has 2 rings (SSSR count). The number of benzene rings is 2. The third kappa shape index (κ3) is 5.45. The molecule has 2 aromatic carbocycles. The number of rotatable bonds is 8. The summed E-state index contributed by atoms with van der Waals surface area (Å²) in [4.78, 5) is 12.8. The molecule has 0 spiro atoms. The highest BCUT2D eigenvalue weighted by atomic mass is 32.2. The maximum atomic E-state index is 14.3. The minimum atomic E-state index is -3.90. The quantitative estimate of drug-likeness (QED) is 0.721. The van der Waals surface area contributed by atoms with E-state index in [0.29, 0.717) is 11.4 Å². The number of sulfonamides is 1. The molecule has 0 heterocycles. The molecule has 0 aliphatic rings. The normalized spacial score (nSPS) is 12.5. The summed E-state index contributed by atoms with van der Waals surface area (Å²) in [6.07, 6.45) is 1.14. The second kappa shape index (κ2) is 9.05. The Kier molecular flexibility index (Phi) is 7.01. The van der Waals surface area contributed by atoms with E-state index in [1.54, 1.807) is 31.2 Å². The van der Waals surface area contributed by atoms with Gasteiger partial charge in [-0.2, -0.15) is 0 Å². The lowest BCUT2D eigenvalue weighted by Gasteiger charge is -2.30. The molecule has 6 nitrogen and oxygen atoms in total. The average molecular weight is 408 g/mol. The van der Waals surface area contributed by atoms with Crippen LogP contribution in [0.1, 0.15) is 27.2 Å². The lowest BCUT2D eigenvalue weighted by molar-refractivity contribution is -0.117. The van der Waals surface area contributed by atoms with E-state index in [2.05, 4.69) is 5.32 Å². The average Bonchev–Trinajstić information content (AvgIpc) is 2.60. The van der Waals surface area contributed by atoms with Gasteiger partial charge < -0.3 is 10.1 Å². The van der Waals surface area contributed by atoms with Crippen molar-refractivity contribution in [3.05, 3.63) is 54.3 Å². The number of nitrogens with one attached hydrogen (secondary N) is 1. The molecule has 8 heteroatoms. The Morgan fingerprint density at radius 2 is 1.75 bits per heavy atom. The van der Waals surface area contributed by atoms with E-state index in [0.717, 1.165) is 16.6 Å². The molecule has 0 aromatic heterocycles. The maximum absolute atomic E-state index is 14.3. The number of hydrogen-bond acceptors (Lipinski definition) is 4. The fraction of sp³-hybridized carbons (Fsp3) is 0.350. The summed E-state index contributed by atoms with van der Waals surface area (Å²) < 4.78 is 45.3. The summed E-state index contributed by atoms with van der Waals surface area (Å²) in [6, 6.07) is 11.1. The second-order valence-electron chi connectivity index (χ2n) is 6.61. The first-order valence-corrected chi connectivity index (χ1v) is 10.8. The van der Waals surface area contributed by atoms with Gasteiger partial charge in [0.25, 0.3) is 0 Å². The van der Waals surface area contributed by atoms with Gasteiger partial charge in [-0.3, -0.25) is 9.10 Å². The molecule has 1 atom stereocenters. The minimum absolute atomic E-state index is 0.0222. The molecule has 28 heavy (non-hydrogen) atoms. The zero-order chi connectivity index (χ0) is 20.9. The van der Waals surface area contributed by atoms with Crippen molar-refractivity contribution < 1.29 is 22.3 Å². The number of halogens is 1. The molecule has 0 bridgehead atoms. The van der Waals surface area contributed by atoms with Crippen LogP contribution >= 0.6 is 0 Å². The Balaban J connectivity index is 2.28. The summed E-state index contributed by atoms with van der Waals surface area (Å²) in [5, 5.41) is 2.69. The van der Waals surface area contributed by atoms with Crippen LogP contribution in [0, 0.1) is 5.82 Å². The fourth-order valence-corrected chi connectivity index (χ4v) is 3.99. The molecule has 2 aromatic rings. The summed E-state index contributed by atoms with van der Waals surface area (Å²) in [6.45, 7) is 5.48. The molecule has 0 aliphatic carbocycles. The maximum Gasteiger partial charge on any atom is 0.248 e. The lowest BCUT2D eigenvalue weighted by Crippen LogP contribution is -2.47. The number of hydrogen-bond donors (Lipinski definition) is 1. The van der Waals surface area contributed by atoms with Gasteiger partial charge in [-0.05, 0) is 56.7 Å². The third-order valence-corrected chi connectivity index (χ3v) is 5.08. The van der Waals surface area contributed by atoms with E-state index in [-0.39, 0.29) is 18.2 Å². The minimum Gasteiger partial charge on any atom is -0.491 e. The number of amides is 1. The van der Waals surface area contributed by atoms with Crippen molar-refractivity contribution in [3.63, 3.8) is 0 Å². The van der Waals surface area contributed by atoms with Gasteiger partial charge in [0.2, 0.25) is 15.9 Å². The summed E-state index contributed by atoms with van der Waals surface area (Å²) in [5.41, 5.74) is 0.328. The van der Waals surface area contributed by atoms with Crippen molar-refractivity contribution in [2.24, 2.45) is 0 Å². The van der Waals surface area contributed by atoms with Crippen molar-refractivity contribution in [2.45, 2.75) is 39.3 Å². The zero-order valence-electron chi connectivity index (χ0n) is 16.3. The molecule has 1 N–H and O–H groups in total. The van der Waals surface area contributed by atoms with Crippen LogP contribution in [0.4, 0.5) is 15.8 Å². The molecule has 0 saturated carbocycles. The first kappa shape index (κ1) is 21.7. The van der Waals surface area contributed by atoms with E-state index in [9.17, 15) is 17.6 Å². The Labute approximate surface area is 165 Å². The van der Waals surface area contributed by atoms with Crippen LogP contribution in [0.3, 0.4) is 0 Å². The van der Waals surface area contributed by atoms with Crippen LogP contribution in [0.15, 0.2) is 48.5 Å². The molecular formula is C20H25FN2O4S. The highest BCUT2D eigenvalue weighted by Gasteiger charge is 2.33. The molecule has 152 valence electrons. The largest absolute Gasteiger partial charge is 0.491 e. The SMILES string of the molecule is CC[C@@H](C(=O)Nc1ccc(OC(C)C)cc1)N(c1ccccc1F)S(C)(=O)=O. The van der Waals surface area contributed by atoms with E-state index in [1.807, 2.05) is 13.8 Å². The summed E-state index contributed by atoms with van der Waals surface area (Å²) >= 11 is 0. The molecule has 0 radical (unpaired) electrons. The predicted molar refractivity (Wildman–Crippen MR) is 109 cm³/mol. The van der Waals surface area contributed by atoms with E-state index in [4.69, 9.17) is 4.74 Å². The molecule has 1 amide bonds. The highest BCUT2D eigenvalue weighted by molar-refractivity contribution is 7.92. The van der Waals surface area contributed by atoms with Gasteiger partial charge in [-0.15, -0.1) is 0 Å². The van der Waals surface area contributed by atoms with Crippen LogP contribution in [0.5, 0.6) is 5.75 Å². The monoisotopic (exact) mass is 408 g/mol. The molecule has 0 aliphatic heterocycles. The van der Waals surface area contributed by atoms with Gasteiger partial charge in [0.1, 0.15) is 17.6 Å². The standard InChI is InChI=1S/C20H25FN2O4S/c1-5-18(23(28(4,25)26)19-9-7-6-8-17(19)21)20(24)22-15-10-12-16(13-11-15)27-14(2)3/h6-14,18H,5H2,1-4H3,(H,22,24)/t18-/m0/s1. The van der Waals surface area contributed by atoms with Gasteiger partial charge in [-0.1, -0.05) is 19.1 Å². The predicted octanol–water partition coefficient (Wildman–Crippen LogP) is 3.80. The molecule has 0 unspecified atom stereocenters. The second-order valence-corrected chi connectivity index (χ2v) is 8.47. The zero-order valence-corrected chi connectivity index (χ0v) is 17.2. The number of para-hydroxylation sites is 1. The van der Waals surface area contributed by atoms with E-state index >= 15 is 0 Å². The van der Waals surface area contributed by atoms with Crippen molar-refractivity contribution >= 4 is 27.3 Å². The van der Waals surface area contributed by atoms with Gasteiger partial charge in [0.05, 0.1) is 18.0 Å². The number of anilines is 2. The Hall–Kier alpha value is -2.61. The van der Waals surface area contributed by atoms with Crippen LogP contribution < -0.4 is 14.4 Å². The van der Waals surface area contributed by atoms with Crippen LogP contribution in [0.2, 0.25) is 0 Å². The van der Waals surface area contributed by atoms with Crippen LogP contribution in [-0.4, -0.2) is 32.7 Å². The molecular weight excluding hydrogens is 383 g/mol. The highest BCUT2D eigenvalue weighted by Crippen LogP contribution is 2.26. The number of ether oxygens (including phenoxy) is 1.